The molecule has 0 saturated heterocycles. The minimum absolute atomic E-state index is 0.121. The molecule has 0 aliphatic carbocycles. The van der Waals surface area contributed by atoms with Gasteiger partial charge in [-0.15, -0.1) is 0 Å². The highest BCUT2D eigenvalue weighted by atomic mass is 16.6. The zero-order valence-electron chi connectivity index (χ0n) is 41.7. The molecule has 0 unspecified atom stereocenters. The Morgan fingerprint density at radius 3 is 1.09 bits per heavy atom. The van der Waals surface area contributed by atoms with Crippen LogP contribution in [0.15, 0.2) is 122 Å². The number of unbranched alkanes of at least 4 members (excludes halogenated alkanes) is 14. The molecule has 1 atom stereocenters. The monoisotopic (exact) mass is 899 g/mol. The first kappa shape index (κ1) is 60.8. The fourth-order valence-corrected chi connectivity index (χ4v) is 6.51. The number of carbonyl (C=O) groups excluding carboxylic acids is 3. The summed E-state index contributed by atoms with van der Waals surface area (Å²) in [6, 6.07) is 0. The molecule has 65 heavy (non-hydrogen) atoms. The van der Waals surface area contributed by atoms with Crippen molar-refractivity contribution in [1.29, 1.82) is 0 Å². The van der Waals surface area contributed by atoms with Gasteiger partial charge in [0.25, 0.3) is 0 Å². The van der Waals surface area contributed by atoms with Crippen molar-refractivity contribution >= 4 is 17.9 Å². The van der Waals surface area contributed by atoms with E-state index >= 15 is 0 Å². The van der Waals surface area contributed by atoms with E-state index in [9.17, 15) is 14.4 Å². The third-order valence-corrected chi connectivity index (χ3v) is 10.4. The molecule has 6 nitrogen and oxygen atoms in total. The lowest BCUT2D eigenvalue weighted by molar-refractivity contribution is -0.166. The van der Waals surface area contributed by atoms with Gasteiger partial charge in [0.15, 0.2) is 6.10 Å². The Kier molecular flexibility index (Phi) is 49.1. The Bertz CT molecular complexity index is 1400. The predicted octanol–water partition coefficient (Wildman–Crippen LogP) is 17.3. The van der Waals surface area contributed by atoms with Crippen LogP contribution >= 0.6 is 0 Å². The largest absolute Gasteiger partial charge is 0.462 e. The van der Waals surface area contributed by atoms with Crippen LogP contribution in [0.3, 0.4) is 0 Å². The number of hydrogen-bond acceptors (Lipinski definition) is 6. The van der Waals surface area contributed by atoms with E-state index in [1.54, 1.807) is 0 Å². The Balaban J connectivity index is 4.53. The Hall–Kier alpha value is -4.19. The third kappa shape index (κ3) is 50.7. The Morgan fingerprint density at radius 2 is 0.646 bits per heavy atom. The Morgan fingerprint density at radius 1 is 0.323 bits per heavy atom. The zero-order chi connectivity index (χ0) is 47.2. The summed E-state index contributed by atoms with van der Waals surface area (Å²) in [5, 5.41) is 0. The molecular weight excluding hydrogens is 805 g/mol. The van der Waals surface area contributed by atoms with Crippen LogP contribution in [0.25, 0.3) is 0 Å². The number of rotatable bonds is 45. The summed E-state index contributed by atoms with van der Waals surface area (Å²) in [7, 11) is 0. The van der Waals surface area contributed by atoms with Gasteiger partial charge in [0.2, 0.25) is 0 Å². The molecule has 0 aromatic heterocycles. The molecular formula is C59H94O6. The van der Waals surface area contributed by atoms with E-state index in [4.69, 9.17) is 14.2 Å². The van der Waals surface area contributed by atoms with Crippen molar-refractivity contribution in [2.45, 2.75) is 219 Å². The van der Waals surface area contributed by atoms with E-state index in [0.717, 1.165) is 122 Å². The molecule has 0 spiro atoms. The van der Waals surface area contributed by atoms with Gasteiger partial charge in [-0.05, 0) is 116 Å². The number of carbonyl (C=O) groups is 3. The Labute approximate surface area is 399 Å². The fraction of sp³-hybridized carbons (Fsp3) is 0.610. The molecule has 6 heteroatoms. The topological polar surface area (TPSA) is 78.9 Å². The van der Waals surface area contributed by atoms with Crippen LogP contribution in [0, 0.1) is 0 Å². The first-order valence-electron chi connectivity index (χ1n) is 26.0. The van der Waals surface area contributed by atoms with E-state index in [1.165, 1.54) is 44.9 Å². The van der Waals surface area contributed by atoms with E-state index in [2.05, 4.69) is 130 Å². The zero-order valence-corrected chi connectivity index (χ0v) is 41.7. The summed E-state index contributed by atoms with van der Waals surface area (Å²) < 4.78 is 16.7. The quantitative estimate of drug-likeness (QED) is 0.0262. The van der Waals surface area contributed by atoms with Gasteiger partial charge in [-0.1, -0.05) is 200 Å². The first-order valence-corrected chi connectivity index (χ1v) is 26.0. The van der Waals surface area contributed by atoms with Crippen molar-refractivity contribution in [2.24, 2.45) is 0 Å². The summed E-state index contributed by atoms with van der Waals surface area (Å²) in [4.78, 5) is 37.9. The van der Waals surface area contributed by atoms with Crippen LogP contribution in [0.2, 0.25) is 0 Å². The summed E-state index contributed by atoms with van der Waals surface area (Å²) in [6.07, 6.45) is 71.9. The van der Waals surface area contributed by atoms with Crippen LogP contribution < -0.4 is 0 Å². The van der Waals surface area contributed by atoms with Crippen molar-refractivity contribution in [3.63, 3.8) is 0 Å². The molecule has 0 N–H and O–H groups in total. The lowest BCUT2D eigenvalue weighted by Gasteiger charge is -2.18. The van der Waals surface area contributed by atoms with Crippen molar-refractivity contribution in [3.8, 4) is 0 Å². The lowest BCUT2D eigenvalue weighted by atomic mass is 10.1. The molecule has 0 radical (unpaired) electrons. The van der Waals surface area contributed by atoms with Gasteiger partial charge in [0.05, 0.1) is 0 Å². The van der Waals surface area contributed by atoms with Crippen molar-refractivity contribution in [1.82, 2.24) is 0 Å². The van der Waals surface area contributed by atoms with E-state index in [0.29, 0.717) is 19.3 Å². The number of hydrogen-bond donors (Lipinski definition) is 0. The summed E-state index contributed by atoms with van der Waals surface area (Å²) >= 11 is 0. The molecule has 0 rings (SSSR count). The average Bonchev–Trinajstić information content (AvgIpc) is 3.30. The average molecular weight is 899 g/mol. The van der Waals surface area contributed by atoms with Gasteiger partial charge >= 0.3 is 17.9 Å². The van der Waals surface area contributed by atoms with Gasteiger partial charge in [-0.3, -0.25) is 14.4 Å². The maximum atomic E-state index is 12.8. The highest BCUT2D eigenvalue weighted by Crippen LogP contribution is 2.12. The summed E-state index contributed by atoms with van der Waals surface area (Å²) in [6.45, 7) is 6.34. The molecule has 0 aromatic rings. The van der Waals surface area contributed by atoms with Crippen LogP contribution in [-0.2, 0) is 28.6 Å². The standard InChI is InChI=1S/C59H94O6/c1-4-7-10-13-16-19-22-24-26-28-29-31-33-35-38-40-43-46-49-52-58(61)64-55-56(65-59(62)53-50-47-44-41-36-21-18-15-12-9-6-3)54-63-57(60)51-48-45-42-39-37-34-32-30-27-25-23-20-17-14-11-8-5-2/h8,11,15-20,24-27,29,31-32,34-35,38,43,46,56H,4-7,9-10,12-14,21-23,28,30,33,36-37,39-42,44-45,47-55H2,1-3H3/b11-8-,18-15-,19-16-,20-17-,26-24-,27-25-,31-29-,34-32-,38-35-,46-43-/t56-/m1/s1. The molecule has 0 aliphatic rings. The maximum absolute atomic E-state index is 12.8. The second kappa shape index (κ2) is 52.4. The van der Waals surface area contributed by atoms with Gasteiger partial charge in [0, 0.05) is 19.3 Å². The van der Waals surface area contributed by atoms with E-state index in [-0.39, 0.29) is 37.5 Å². The number of esters is 3. The molecule has 0 bridgehead atoms. The van der Waals surface area contributed by atoms with Gasteiger partial charge in [-0.2, -0.15) is 0 Å². The molecule has 0 fully saturated rings. The minimum Gasteiger partial charge on any atom is -0.462 e. The summed E-state index contributed by atoms with van der Waals surface area (Å²) in [5.41, 5.74) is 0. The highest BCUT2D eigenvalue weighted by Gasteiger charge is 2.19. The van der Waals surface area contributed by atoms with Gasteiger partial charge in [0.1, 0.15) is 13.2 Å². The molecule has 366 valence electrons. The van der Waals surface area contributed by atoms with E-state index in [1.807, 2.05) is 12.2 Å². The van der Waals surface area contributed by atoms with E-state index < -0.39 is 6.10 Å². The van der Waals surface area contributed by atoms with Crippen molar-refractivity contribution < 1.29 is 28.6 Å². The molecule has 0 aromatic carbocycles. The van der Waals surface area contributed by atoms with Gasteiger partial charge in [-0.25, -0.2) is 0 Å². The number of ether oxygens (including phenoxy) is 3. The van der Waals surface area contributed by atoms with Crippen LogP contribution in [0.4, 0.5) is 0 Å². The maximum Gasteiger partial charge on any atom is 0.306 e. The number of allylic oxidation sites excluding steroid dienone is 20. The molecule has 0 heterocycles. The first-order chi connectivity index (χ1) is 32.0. The summed E-state index contributed by atoms with van der Waals surface area (Å²) in [5.74, 6) is -1.05. The molecule has 0 aliphatic heterocycles. The van der Waals surface area contributed by atoms with Crippen molar-refractivity contribution in [3.05, 3.63) is 122 Å². The second-order valence-electron chi connectivity index (χ2n) is 16.7. The second-order valence-corrected chi connectivity index (χ2v) is 16.7. The van der Waals surface area contributed by atoms with Crippen LogP contribution in [0.1, 0.15) is 213 Å². The lowest BCUT2D eigenvalue weighted by Crippen LogP contribution is -2.30. The van der Waals surface area contributed by atoms with Crippen molar-refractivity contribution in [2.75, 3.05) is 13.2 Å². The predicted molar refractivity (Wildman–Crippen MR) is 279 cm³/mol. The molecule has 0 amide bonds. The SMILES string of the molecule is CC/C=C\C/C=C\C/C=C\C/C=C\CCCCCCC(=O)OC[C@H](COC(=O)CC/C=C\C/C=C\C/C=C\C/C=C\C/C=C\CCCCC)OC(=O)CCCCCCC/C=C\CCCC. The third-order valence-electron chi connectivity index (χ3n) is 10.4. The van der Waals surface area contributed by atoms with Crippen LogP contribution in [0.5, 0.6) is 0 Å². The smallest absolute Gasteiger partial charge is 0.306 e. The highest BCUT2D eigenvalue weighted by molar-refractivity contribution is 5.71. The minimum atomic E-state index is -0.825. The van der Waals surface area contributed by atoms with Gasteiger partial charge < -0.3 is 14.2 Å². The van der Waals surface area contributed by atoms with Crippen LogP contribution in [-0.4, -0.2) is 37.2 Å². The molecule has 0 saturated carbocycles. The normalized spacial score (nSPS) is 13.1. The fourth-order valence-electron chi connectivity index (χ4n) is 6.51.